The predicted molar refractivity (Wildman–Crippen MR) is 127 cm³/mol. The van der Waals surface area contributed by atoms with Crippen molar-refractivity contribution in [1.82, 2.24) is 10.2 Å². The van der Waals surface area contributed by atoms with E-state index in [-0.39, 0.29) is 29.2 Å². The number of carbonyl (C=O) groups excluding carboxylic acids is 2. The van der Waals surface area contributed by atoms with Crippen molar-refractivity contribution in [2.24, 2.45) is 0 Å². The van der Waals surface area contributed by atoms with E-state index in [1.165, 1.54) is 17.0 Å². The number of alkyl halides is 2. The first-order valence-corrected chi connectivity index (χ1v) is 11.4. The standard InChI is InChI=1S/C26H27F2N3O4/c1-5-8-18-22(23(24(18)32)29-17-10-7-9-16(13-17)25(33)31(3)4)30-19(6-2)15-11-12-20-21(14-15)35-26(27,28)34-20/h7-14,19,29-30H,5-6H2,1-4H3/b18-8-. The summed E-state index contributed by atoms with van der Waals surface area (Å²) in [6.45, 7) is 3.89. The van der Waals surface area contributed by atoms with Gasteiger partial charge in [0.25, 0.3) is 5.91 Å². The molecule has 0 aromatic heterocycles. The van der Waals surface area contributed by atoms with E-state index in [2.05, 4.69) is 20.1 Å². The topological polar surface area (TPSA) is 79.9 Å². The maximum absolute atomic E-state index is 13.4. The van der Waals surface area contributed by atoms with Crippen LogP contribution in [0.5, 0.6) is 11.5 Å². The van der Waals surface area contributed by atoms with E-state index in [1.807, 2.05) is 19.9 Å². The Morgan fingerprint density at radius 3 is 2.51 bits per heavy atom. The molecule has 0 saturated carbocycles. The number of halogens is 2. The number of nitrogens with one attached hydrogen (secondary N) is 2. The van der Waals surface area contributed by atoms with Gasteiger partial charge >= 0.3 is 6.29 Å². The van der Waals surface area contributed by atoms with E-state index in [0.717, 1.165) is 0 Å². The molecule has 0 radical (unpaired) electrons. The molecule has 0 saturated heterocycles. The second kappa shape index (κ2) is 9.40. The molecular weight excluding hydrogens is 456 g/mol. The van der Waals surface area contributed by atoms with Crippen LogP contribution in [0.1, 0.15) is 48.7 Å². The third-order valence-corrected chi connectivity index (χ3v) is 5.74. The number of hydrogen-bond donors (Lipinski definition) is 2. The van der Waals surface area contributed by atoms with E-state index in [4.69, 9.17) is 0 Å². The number of nitrogens with zero attached hydrogens (tertiary/aromatic N) is 1. The Bertz CT molecular complexity index is 1240. The van der Waals surface area contributed by atoms with Gasteiger partial charge in [-0.25, -0.2) is 0 Å². The summed E-state index contributed by atoms with van der Waals surface area (Å²) in [6, 6.07) is 11.3. The van der Waals surface area contributed by atoms with Crippen molar-refractivity contribution in [3.8, 4) is 11.5 Å². The van der Waals surface area contributed by atoms with E-state index in [0.29, 0.717) is 46.6 Å². The van der Waals surface area contributed by atoms with Crippen LogP contribution in [0.25, 0.3) is 0 Å². The first kappa shape index (κ1) is 24.3. The summed E-state index contributed by atoms with van der Waals surface area (Å²) in [5.74, 6) is -0.338. The minimum Gasteiger partial charge on any atom is -0.395 e. The van der Waals surface area contributed by atoms with Crippen molar-refractivity contribution in [1.29, 1.82) is 0 Å². The van der Waals surface area contributed by atoms with E-state index in [9.17, 15) is 18.4 Å². The third kappa shape index (κ3) is 4.84. The SMILES string of the molecule is CC/C=C1\C(=O)C(Nc2cccc(C(=O)N(C)C)c2)=C1NC(CC)c1ccc2c(c1)OC(F)(F)O2. The lowest BCUT2D eigenvalue weighted by atomic mass is 9.88. The summed E-state index contributed by atoms with van der Waals surface area (Å²) in [5.41, 5.74) is 3.39. The fourth-order valence-electron chi connectivity index (χ4n) is 4.01. The smallest absolute Gasteiger partial charge is 0.395 e. The molecule has 2 aromatic carbocycles. The van der Waals surface area contributed by atoms with Crippen LogP contribution in [0.4, 0.5) is 14.5 Å². The Labute approximate surface area is 202 Å². The van der Waals surface area contributed by atoms with E-state index < -0.39 is 6.29 Å². The number of ketones is 1. The molecular formula is C26H27F2N3O4. The summed E-state index contributed by atoms with van der Waals surface area (Å²) in [5, 5.41) is 6.54. The number of Topliss-reactive ketones (excluding diaryl/α,β-unsaturated/α-hetero) is 1. The average molecular weight is 484 g/mol. The van der Waals surface area contributed by atoms with Gasteiger partial charge in [0.1, 0.15) is 5.70 Å². The van der Waals surface area contributed by atoms with Gasteiger partial charge in [-0.3, -0.25) is 9.59 Å². The molecule has 35 heavy (non-hydrogen) atoms. The molecule has 0 bridgehead atoms. The fraction of sp³-hybridized carbons (Fsp3) is 0.308. The number of anilines is 1. The molecule has 4 rings (SSSR count). The Hall–Kier alpha value is -3.88. The molecule has 9 heteroatoms. The summed E-state index contributed by atoms with van der Waals surface area (Å²) in [4.78, 5) is 26.7. The Morgan fingerprint density at radius 1 is 1.09 bits per heavy atom. The quantitative estimate of drug-likeness (QED) is 0.515. The van der Waals surface area contributed by atoms with Crippen molar-refractivity contribution in [3.05, 3.63) is 76.6 Å². The summed E-state index contributed by atoms with van der Waals surface area (Å²) >= 11 is 0. The second-order valence-corrected chi connectivity index (χ2v) is 8.49. The Balaban J connectivity index is 1.62. The zero-order valence-electron chi connectivity index (χ0n) is 19.9. The molecule has 184 valence electrons. The normalized spacial score (nSPS) is 17.8. The van der Waals surface area contributed by atoms with Crippen LogP contribution >= 0.6 is 0 Å². The zero-order chi connectivity index (χ0) is 25.3. The highest BCUT2D eigenvalue weighted by atomic mass is 19.3. The molecule has 7 nitrogen and oxygen atoms in total. The van der Waals surface area contributed by atoms with Gasteiger partial charge < -0.3 is 25.0 Å². The molecule has 1 aliphatic heterocycles. The molecule has 1 unspecified atom stereocenters. The molecule has 2 aliphatic rings. The van der Waals surface area contributed by atoms with Crippen LogP contribution in [0.15, 0.2) is 65.5 Å². The average Bonchev–Trinajstić information content (AvgIpc) is 3.15. The maximum atomic E-state index is 13.4. The molecule has 0 fully saturated rings. The lowest BCUT2D eigenvalue weighted by Gasteiger charge is -2.31. The molecule has 1 amide bonds. The number of allylic oxidation sites excluding steroid dienone is 3. The van der Waals surface area contributed by atoms with Crippen molar-refractivity contribution in [2.45, 2.75) is 39.0 Å². The second-order valence-electron chi connectivity index (χ2n) is 8.49. The van der Waals surface area contributed by atoms with Crippen LogP contribution in [0.3, 0.4) is 0 Å². The molecule has 0 spiro atoms. The largest absolute Gasteiger partial charge is 0.586 e. The minimum atomic E-state index is -3.68. The van der Waals surface area contributed by atoms with E-state index >= 15 is 0 Å². The van der Waals surface area contributed by atoms with Crippen LogP contribution < -0.4 is 20.1 Å². The van der Waals surface area contributed by atoms with Gasteiger partial charge in [-0.1, -0.05) is 32.1 Å². The molecule has 1 atom stereocenters. The van der Waals surface area contributed by atoms with Gasteiger partial charge in [0, 0.05) is 30.9 Å². The lowest BCUT2D eigenvalue weighted by Crippen LogP contribution is -2.37. The van der Waals surface area contributed by atoms with Crippen LogP contribution in [0.2, 0.25) is 0 Å². The van der Waals surface area contributed by atoms with Gasteiger partial charge in [0.05, 0.1) is 11.7 Å². The first-order valence-electron chi connectivity index (χ1n) is 11.4. The molecule has 1 aliphatic carbocycles. The first-order chi connectivity index (χ1) is 16.6. The highest BCUT2D eigenvalue weighted by molar-refractivity contribution is 6.21. The lowest BCUT2D eigenvalue weighted by molar-refractivity contribution is -0.286. The number of carbonyl (C=O) groups is 2. The number of rotatable bonds is 8. The van der Waals surface area contributed by atoms with Crippen LogP contribution in [-0.4, -0.2) is 37.0 Å². The van der Waals surface area contributed by atoms with Gasteiger partial charge in [-0.2, -0.15) is 0 Å². The molecule has 2 aromatic rings. The number of fused-ring (bicyclic) bond motifs is 1. The van der Waals surface area contributed by atoms with Crippen LogP contribution in [0, 0.1) is 0 Å². The van der Waals surface area contributed by atoms with Crippen molar-refractivity contribution >= 4 is 17.4 Å². The van der Waals surface area contributed by atoms with Gasteiger partial charge in [-0.15, -0.1) is 8.78 Å². The zero-order valence-corrected chi connectivity index (χ0v) is 19.9. The molecule has 2 N–H and O–H groups in total. The summed E-state index contributed by atoms with van der Waals surface area (Å²) in [7, 11) is 3.35. The number of benzene rings is 2. The fourth-order valence-corrected chi connectivity index (χ4v) is 4.01. The van der Waals surface area contributed by atoms with Gasteiger partial charge in [0.2, 0.25) is 5.78 Å². The van der Waals surface area contributed by atoms with Crippen molar-refractivity contribution in [3.63, 3.8) is 0 Å². The monoisotopic (exact) mass is 483 g/mol. The van der Waals surface area contributed by atoms with Gasteiger partial charge in [0.15, 0.2) is 11.5 Å². The Kier molecular flexibility index (Phi) is 6.51. The van der Waals surface area contributed by atoms with Crippen molar-refractivity contribution < 1.29 is 27.8 Å². The predicted octanol–water partition coefficient (Wildman–Crippen LogP) is 4.99. The summed E-state index contributed by atoms with van der Waals surface area (Å²) < 4.78 is 36.0. The van der Waals surface area contributed by atoms with E-state index in [1.54, 1.807) is 44.4 Å². The Morgan fingerprint density at radius 2 is 1.83 bits per heavy atom. The summed E-state index contributed by atoms with van der Waals surface area (Å²) in [6.07, 6.45) is -0.556. The highest BCUT2D eigenvalue weighted by Gasteiger charge is 2.43. The number of amides is 1. The van der Waals surface area contributed by atoms with Crippen molar-refractivity contribution in [2.75, 3.05) is 19.4 Å². The molecule has 1 heterocycles. The number of ether oxygens (including phenoxy) is 2. The number of hydrogen-bond acceptors (Lipinski definition) is 6. The third-order valence-electron chi connectivity index (χ3n) is 5.74. The minimum absolute atomic E-state index is 0.0206. The van der Waals surface area contributed by atoms with Crippen LogP contribution in [-0.2, 0) is 4.79 Å². The maximum Gasteiger partial charge on any atom is 0.586 e. The van der Waals surface area contributed by atoms with Gasteiger partial charge in [-0.05, 0) is 48.7 Å². The highest BCUT2D eigenvalue weighted by Crippen LogP contribution is 2.43.